The Balaban J connectivity index is 1.57. The van der Waals surface area contributed by atoms with Crippen LogP contribution in [0.5, 0.6) is 0 Å². The molecule has 5 nitrogen and oxygen atoms in total. The molecule has 1 N–H and O–H groups in total. The summed E-state index contributed by atoms with van der Waals surface area (Å²) in [5.74, 6) is 0.343. The van der Waals surface area contributed by atoms with Crippen LogP contribution in [0.2, 0.25) is 0 Å². The van der Waals surface area contributed by atoms with E-state index in [-0.39, 0.29) is 12.5 Å². The van der Waals surface area contributed by atoms with Crippen LogP contribution in [0.4, 0.5) is 0 Å². The minimum absolute atomic E-state index is 0.0149. The third-order valence-electron chi connectivity index (χ3n) is 4.24. The van der Waals surface area contributed by atoms with Gasteiger partial charge in [-0.25, -0.2) is 0 Å². The van der Waals surface area contributed by atoms with Crippen LogP contribution in [0.3, 0.4) is 0 Å². The number of piperidine rings is 1. The molecule has 0 saturated carbocycles. The van der Waals surface area contributed by atoms with Gasteiger partial charge in [0.05, 0.1) is 5.71 Å². The van der Waals surface area contributed by atoms with Crippen molar-refractivity contribution in [3.8, 4) is 0 Å². The second-order valence-electron chi connectivity index (χ2n) is 5.65. The van der Waals surface area contributed by atoms with Gasteiger partial charge >= 0.3 is 0 Å². The fraction of sp³-hybridized carbons (Fsp3) is 0.500. The monoisotopic (exact) mass is 288 g/mol. The van der Waals surface area contributed by atoms with Crippen molar-refractivity contribution in [1.82, 2.24) is 4.90 Å². The Morgan fingerprint density at radius 2 is 2.00 bits per heavy atom. The molecule has 1 atom stereocenters. The fourth-order valence-corrected chi connectivity index (χ4v) is 2.85. The lowest BCUT2D eigenvalue weighted by Gasteiger charge is -2.32. The molecule has 0 spiro atoms. The van der Waals surface area contributed by atoms with Gasteiger partial charge in [-0.3, -0.25) is 4.79 Å². The van der Waals surface area contributed by atoms with Crippen molar-refractivity contribution >= 4 is 11.6 Å². The number of hydrogen-bond acceptors (Lipinski definition) is 4. The van der Waals surface area contributed by atoms with Gasteiger partial charge in [-0.15, -0.1) is 0 Å². The van der Waals surface area contributed by atoms with Crippen LogP contribution in [0.25, 0.3) is 0 Å². The summed E-state index contributed by atoms with van der Waals surface area (Å²) >= 11 is 0. The lowest BCUT2D eigenvalue weighted by molar-refractivity contribution is -0.143. The van der Waals surface area contributed by atoms with Crippen molar-refractivity contribution in [2.45, 2.75) is 25.4 Å². The van der Waals surface area contributed by atoms with Crippen molar-refractivity contribution in [2.75, 3.05) is 19.7 Å². The first-order valence-corrected chi connectivity index (χ1v) is 7.45. The Morgan fingerprint density at radius 1 is 1.29 bits per heavy atom. The number of carbonyl (C=O) groups excluding carboxylic acids is 1. The maximum Gasteiger partial charge on any atom is 0.266 e. The van der Waals surface area contributed by atoms with Crippen molar-refractivity contribution in [3.63, 3.8) is 0 Å². The first-order chi connectivity index (χ1) is 10.3. The van der Waals surface area contributed by atoms with E-state index in [4.69, 9.17) is 9.94 Å². The predicted molar refractivity (Wildman–Crippen MR) is 78.9 cm³/mol. The van der Waals surface area contributed by atoms with Crippen LogP contribution in [0, 0.1) is 5.92 Å². The van der Waals surface area contributed by atoms with E-state index in [1.807, 2.05) is 35.2 Å². The normalized spacial score (nSPS) is 22.8. The highest BCUT2D eigenvalue weighted by Crippen LogP contribution is 2.22. The first-order valence-electron chi connectivity index (χ1n) is 7.45. The van der Waals surface area contributed by atoms with Crippen molar-refractivity contribution in [1.29, 1.82) is 0 Å². The van der Waals surface area contributed by atoms with Gasteiger partial charge in [0.1, 0.15) is 0 Å². The van der Waals surface area contributed by atoms with Gasteiger partial charge in [0.2, 0.25) is 6.10 Å². The maximum absolute atomic E-state index is 12.4. The van der Waals surface area contributed by atoms with Crippen LogP contribution in [0.1, 0.15) is 24.8 Å². The molecule has 3 rings (SSSR count). The quantitative estimate of drug-likeness (QED) is 0.914. The van der Waals surface area contributed by atoms with Crippen molar-refractivity contribution in [2.24, 2.45) is 11.1 Å². The van der Waals surface area contributed by atoms with Gasteiger partial charge in [-0.05, 0) is 24.3 Å². The molecular weight excluding hydrogens is 268 g/mol. The highest BCUT2D eigenvalue weighted by Gasteiger charge is 2.33. The second-order valence-corrected chi connectivity index (χ2v) is 5.65. The van der Waals surface area contributed by atoms with E-state index < -0.39 is 6.10 Å². The molecule has 5 heteroatoms. The zero-order chi connectivity index (χ0) is 14.7. The smallest absolute Gasteiger partial charge is 0.266 e. The SMILES string of the molecule is O=C(C1CC(c2ccccc2)=NO1)N1CCC(CO)CC1. The van der Waals surface area contributed by atoms with Crippen LogP contribution in [-0.4, -0.2) is 47.4 Å². The largest absolute Gasteiger partial charge is 0.396 e. The number of carbonyl (C=O) groups is 1. The molecule has 1 saturated heterocycles. The molecule has 1 aromatic carbocycles. The number of oxime groups is 1. The number of amides is 1. The summed E-state index contributed by atoms with van der Waals surface area (Å²) in [6, 6.07) is 9.80. The number of likely N-dealkylation sites (tertiary alicyclic amines) is 1. The van der Waals surface area contributed by atoms with Gasteiger partial charge in [0, 0.05) is 26.1 Å². The van der Waals surface area contributed by atoms with Gasteiger partial charge in [0.25, 0.3) is 5.91 Å². The first kappa shape index (κ1) is 14.1. The standard InChI is InChI=1S/C16H20N2O3/c19-11-12-6-8-18(9-7-12)16(20)15-10-14(17-21-15)13-4-2-1-3-5-13/h1-5,12,15,19H,6-11H2. The number of rotatable bonds is 3. The maximum atomic E-state index is 12.4. The summed E-state index contributed by atoms with van der Waals surface area (Å²) < 4.78 is 0. The molecule has 1 fully saturated rings. The average molecular weight is 288 g/mol. The summed E-state index contributed by atoms with van der Waals surface area (Å²) in [6.07, 6.45) is 1.76. The zero-order valence-electron chi connectivity index (χ0n) is 11.9. The minimum atomic E-state index is -0.495. The van der Waals surface area contributed by atoms with E-state index in [0.29, 0.717) is 25.4 Å². The zero-order valence-corrected chi connectivity index (χ0v) is 11.9. The lowest BCUT2D eigenvalue weighted by atomic mass is 9.97. The average Bonchev–Trinajstić information content (AvgIpc) is 3.05. The van der Waals surface area contributed by atoms with Gasteiger partial charge in [-0.1, -0.05) is 35.5 Å². The van der Waals surface area contributed by atoms with Gasteiger partial charge in [0.15, 0.2) is 0 Å². The number of aliphatic hydroxyl groups is 1. The lowest BCUT2D eigenvalue weighted by Crippen LogP contribution is -2.44. The van der Waals surface area contributed by atoms with E-state index >= 15 is 0 Å². The topological polar surface area (TPSA) is 62.1 Å². The minimum Gasteiger partial charge on any atom is -0.396 e. The molecule has 0 aliphatic carbocycles. The Labute approximate surface area is 124 Å². The third-order valence-corrected chi connectivity index (χ3v) is 4.24. The Morgan fingerprint density at radius 3 is 2.67 bits per heavy atom. The Hall–Kier alpha value is -1.88. The molecule has 0 aromatic heterocycles. The molecule has 1 amide bonds. The molecule has 112 valence electrons. The Kier molecular flexibility index (Phi) is 4.20. The van der Waals surface area contributed by atoms with Gasteiger partial charge in [-0.2, -0.15) is 0 Å². The number of benzene rings is 1. The molecule has 21 heavy (non-hydrogen) atoms. The molecule has 2 aliphatic rings. The number of nitrogens with zero attached hydrogens (tertiary/aromatic N) is 2. The molecule has 1 aromatic rings. The van der Waals surface area contributed by atoms with Crippen LogP contribution in [0.15, 0.2) is 35.5 Å². The summed E-state index contributed by atoms with van der Waals surface area (Å²) in [4.78, 5) is 19.6. The van der Waals surface area contributed by atoms with E-state index in [0.717, 1.165) is 24.1 Å². The molecule has 2 aliphatic heterocycles. The van der Waals surface area contributed by atoms with Crippen molar-refractivity contribution < 1.29 is 14.7 Å². The summed E-state index contributed by atoms with van der Waals surface area (Å²) in [5, 5.41) is 13.2. The van der Waals surface area contributed by atoms with Crippen LogP contribution in [-0.2, 0) is 9.63 Å². The summed E-state index contributed by atoms with van der Waals surface area (Å²) in [5.41, 5.74) is 1.84. The third kappa shape index (κ3) is 3.08. The van der Waals surface area contributed by atoms with E-state index in [1.54, 1.807) is 0 Å². The van der Waals surface area contributed by atoms with E-state index in [2.05, 4.69) is 5.16 Å². The fourth-order valence-electron chi connectivity index (χ4n) is 2.85. The second kappa shape index (κ2) is 6.26. The molecule has 1 unspecified atom stereocenters. The number of aliphatic hydroxyl groups excluding tert-OH is 1. The molecular formula is C16H20N2O3. The highest BCUT2D eigenvalue weighted by molar-refractivity contribution is 6.04. The molecule has 0 radical (unpaired) electrons. The predicted octanol–water partition coefficient (Wildman–Crippen LogP) is 1.41. The Bertz CT molecular complexity index is 522. The van der Waals surface area contributed by atoms with Crippen LogP contribution < -0.4 is 0 Å². The van der Waals surface area contributed by atoms with E-state index in [9.17, 15) is 4.79 Å². The molecule has 2 heterocycles. The van der Waals surface area contributed by atoms with Crippen LogP contribution >= 0.6 is 0 Å². The van der Waals surface area contributed by atoms with Gasteiger partial charge < -0.3 is 14.8 Å². The van der Waals surface area contributed by atoms with Crippen molar-refractivity contribution in [3.05, 3.63) is 35.9 Å². The molecule has 0 bridgehead atoms. The number of hydrogen-bond donors (Lipinski definition) is 1. The summed E-state index contributed by atoms with van der Waals surface area (Å²) in [6.45, 7) is 1.61. The van der Waals surface area contributed by atoms with E-state index in [1.165, 1.54) is 0 Å². The highest BCUT2D eigenvalue weighted by atomic mass is 16.6. The summed E-state index contributed by atoms with van der Waals surface area (Å²) in [7, 11) is 0.